The highest BCUT2D eigenvalue weighted by Gasteiger charge is 2.06. The van der Waals surface area contributed by atoms with Crippen LogP contribution >= 0.6 is 0 Å². The molecule has 4 nitrogen and oxygen atoms in total. The van der Waals surface area contributed by atoms with Crippen LogP contribution in [0.4, 0.5) is 0 Å². The Kier molecular flexibility index (Phi) is 1.91. The highest BCUT2D eigenvalue weighted by molar-refractivity contribution is 5.37. The summed E-state index contributed by atoms with van der Waals surface area (Å²) in [6.45, 7) is 5.96. The van der Waals surface area contributed by atoms with Gasteiger partial charge in [-0.3, -0.25) is 4.79 Å². The third-order valence-corrected chi connectivity index (χ3v) is 2.21. The molecule has 4 heteroatoms. The van der Waals surface area contributed by atoms with Crippen LogP contribution in [0.25, 0.3) is 5.65 Å². The van der Waals surface area contributed by atoms with E-state index >= 15 is 0 Å². The van der Waals surface area contributed by atoms with Crippen LogP contribution in [-0.4, -0.2) is 14.4 Å². The van der Waals surface area contributed by atoms with E-state index < -0.39 is 0 Å². The zero-order valence-electron chi connectivity index (χ0n) is 8.53. The molecule has 0 amide bonds. The normalized spacial score (nSPS) is 11.4. The minimum atomic E-state index is -0.121. The first kappa shape index (κ1) is 8.99. The first-order valence-corrected chi connectivity index (χ1v) is 4.66. The van der Waals surface area contributed by atoms with Gasteiger partial charge in [0.1, 0.15) is 0 Å². The fourth-order valence-corrected chi connectivity index (χ4v) is 1.45. The lowest BCUT2D eigenvalue weighted by Gasteiger charge is -2.04. The van der Waals surface area contributed by atoms with Crippen LogP contribution in [0.15, 0.2) is 17.2 Å². The number of aromatic nitrogens is 3. The fourth-order valence-electron chi connectivity index (χ4n) is 1.45. The molecule has 0 aromatic carbocycles. The van der Waals surface area contributed by atoms with Crippen molar-refractivity contribution >= 4 is 5.65 Å². The Morgan fingerprint density at radius 2 is 2.14 bits per heavy atom. The number of imidazole rings is 1. The van der Waals surface area contributed by atoms with Crippen molar-refractivity contribution < 1.29 is 0 Å². The number of fused-ring (bicyclic) bond motifs is 1. The molecule has 2 aromatic rings. The second-order valence-corrected chi connectivity index (χ2v) is 3.81. The SMILES string of the molecule is Cc1cn2cc(C(C)C)[nH]c(=O)c2n1. The molecule has 0 saturated carbocycles. The van der Waals surface area contributed by atoms with Gasteiger partial charge in [-0.05, 0) is 12.8 Å². The van der Waals surface area contributed by atoms with E-state index in [1.165, 1.54) is 0 Å². The average molecular weight is 191 g/mol. The fraction of sp³-hybridized carbons (Fsp3) is 0.400. The Balaban J connectivity index is 2.78. The van der Waals surface area contributed by atoms with E-state index in [0.717, 1.165) is 11.4 Å². The molecule has 0 spiro atoms. The number of H-pyrrole nitrogens is 1. The Morgan fingerprint density at radius 3 is 2.79 bits per heavy atom. The van der Waals surface area contributed by atoms with Gasteiger partial charge in [-0.1, -0.05) is 13.8 Å². The van der Waals surface area contributed by atoms with Gasteiger partial charge < -0.3 is 9.38 Å². The largest absolute Gasteiger partial charge is 0.321 e. The number of aryl methyl sites for hydroxylation is 1. The van der Waals surface area contributed by atoms with Crippen LogP contribution in [0.2, 0.25) is 0 Å². The zero-order valence-corrected chi connectivity index (χ0v) is 8.53. The molecule has 2 aromatic heterocycles. The molecule has 0 bridgehead atoms. The predicted molar refractivity (Wildman–Crippen MR) is 54.6 cm³/mol. The van der Waals surface area contributed by atoms with Gasteiger partial charge in [-0.2, -0.15) is 0 Å². The van der Waals surface area contributed by atoms with Crippen LogP contribution in [0, 0.1) is 6.92 Å². The van der Waals surface area contributed by atoms with E-state index in [1.807, 2.05) is 33.2 Å². The summed E-state index contributed by atoms with van der Waals surface area (Å²) in [7, 11) is 0. The van der Waals surface area contributed by atoms with Crippen molar-refractivity contribution in [1.29, 1.82) is 0 Å². The summed E-state index contributed by atoms with van der Waals surface area (Å²) >= 11 is 0. The summed E-state index contributed by atoms with van der Waals surface area (Å²) in [5, 5.41) is 0. The van der Waals surface area contributed by atoms with Gasteiger partial charge >= 0.3 is 0 Å². The number of hydrogen-bond acceptors (Lipinski definition) is 2. The standard InChI is InChI=1S/C10H13N3O/c1-6(2)8-5-13-4-7(3)11-9(13)10(14)12-8/h4-6H,1-3H3,(H,12,14). The topological polar surface area (TPSA) is 50.2 Å². The average Bonchev–Trinajstić information content (AvgIpc) is 2.45. The van der Waals surface area contributed by atoms with Gasteiger partial charge in [0.15, 0.2) is 0 Å². The third-order valence-electron chi connectivity index (χ3n) is 2.21. The van der Waals surface area contributed by atoms with E-state index in [0.29, 0.717) is 11.6 Å². The molecule has 2 heterocycles. The summed E-state index contributed by atoms with van der Waals surface area (Å²) in [6, 6.07) is 0. The zero-order chi connectivity index (χ0) is 10.3. The van der Waals surface area contributed by atoms with Crippen LogP contribution in [0.5, 0.6) is 0 Å². The summed E-state index contributed by atoms with van der Waals surface area (Å²) < 4.78 is 1.78. The van der Waals surface area contributed by atoms with E-state index in [-0.39, 0.29) is 5.56 Å². The van der Waals surface area contributed by atoms with Gasteiger partial charge in [0.05, 0.1) is 5.69 Å². The number of nitrogens with one attached hydrogen (secondary N) is 1. The molecule has 0 fully saturated rings. The number of aromatic amines is 1. The van der Waals surface area contributed by atoms with Crippen LogP contribution in [0.3, 0.4) is 0 Å². The highest BCUT2D eigenvalue weighted by Crippen LogP contribution is 2.09. The third kappa shape index (κ3) is 1.32. The first-order chi connectivity index (χ1) is 6.58. The summed E-state index contributed by atoms with van der Waals surface area (Å²) in [5.74, 6) is 0.315. The molecule has 0 saturated heterocycles. The first-order valence-electron chi connectivity index (χ1n) is 4.66. The second kappa shape index (κ2) is 2.97. The molecule has 0 atom stereocenters. The molecule has 14 heavy (non-hydrogen) atoms. The molecule has 1 N–H and O–H groups in total. The van der Waals surface area contributed by atoms with Crippen molar-refractivity contribution in [1.82, 2.24) is 14.4 Å². The summed E-state index contributed by atoms with van der Waals surface area (Å²) in [5.41, 5.74) is 2.13. The maximum Gasteiger partial charge on any atom is 0.291 e. The molecular formula is C10H13N3O. The number of rotatable bonds is 1. The van der Waals surface area contributed by atoms with Crippen molar-refractivity contribution in [3.63, 3.8) is 0 Å². The lowest BCUT2D eigenvalue weighted by Crippen LogP contribution is -2.13. The van der Waals surface area contributed by atoms with Gasteiger partial charge in [-0.25, -0.2) is 4.98 Å². The molecule has 0 unspecified atom stereocenters. The van der Waals surface area contributed by atoms with Gasteiger partial charge in [-0.15, -0.1) is 0 Å². The predicted octanol–water partition coefficient (Wildman–Crippen LogP) is 1.45. The second-order valence-electron chi connectivity index (χ2n) is 3.81. The number of nitrogens with zero attached hydrogens (tertiary/aromatic N) is 2. The van der Waals surface area contributed by atoms with Crippen LogP contribution in [-0.2, 0) is 0 Å². The van der Waals surface area contributed by atoms with Crippen LogP contribution in [0.1, 0.15) is 31.2 Å². The Morgan fingerprint density at radius 1 is 1.43 bits per heavy atom. The Labute approximate surface area is 81.6 Å². The van der Waals surface area contributed by atoms with Crippen LogP contribution < -0.4 is 5.56 Å². The molecule has 74 valence electrons. The lowest BCUT2D eigenvalue weighted by molar-refractivity contribution is 0.800. The molecule has 2 rings (SSSR count). The molecule has 0 radical (unpaired) electrons. The summed E-state index contributed by atoms with van der Waals surface area (Å²) in [6.07, 6.45) is 3.78. The number of hydrogen-bond donors (Lipinski definition) is 1. The van der Waals surface area contributed by atoms with E-state index in [2.05, 4.69) is 9.97 Å². The molecular weight excluding hydrogens is 178 g/mol. The molecule has 0 aliphatic rings. The van der Waals surface area contributed by atoms with E-state index in [1.54, 1.807) is 4.40 Å². The quantitative estimate of drug-likeness (QED) is 0.741. The molecule has 0 aliphatic heterocycles. The Hall–Kier alpha value is -1.58. The maximum atomic E-state index is 11.6. The monoisotopic (exact) mass is 191 g/mol. The van der Waals surface area contributed by atoms with Crippen molar-refractivity contribution in [2.75, 3.05) is 0 Å². The van der Waals surface area contributed by atoms with Gasteiger partial charge in [0, 0.05) is 18.1 Å². The lowest BCUT2D eigenvalue weighted by atomic mass is 10.1. The minimum absolute atomic E-state index is 0.121. The minimum Gasteiger partial charge on any atom is -0.321 e. The molecule has 0 aliphatic carbocycles. The van der Waals surface area contributed by atoms with Crippen molar-refractivity contribution in [3.8, 4) is 0 Å². The highest BCUT2D eigenvalue weighted by atomic mass is 16.1. The maximum absolute atomic E-state index is 11.6. The van der Waals surface area contributed by atoms with Crippen molar-refractivity contribution in [2.45, 2.75) is 26.7 Å². The Bertz CT molecular complexity index is 522. The smallest absolute Gasteiger partial charge is 0.291 e. The summed E-state index contributed by atoms with van der Waals surface area (Å²) in [4.78, 5) is 18.5. The van der Waals surface area contributed by atoms with E-state index in [4.69, 9.17) is 0 Å². The van der Waals surface area contributed by atoms with Gasteiger partial charge in [0.2, 0.25) is 5.65 Å². The van der Waals surface area contributed by atoms with E-state index in [9.17, 15) is 4.79 Å². The van der Waals surface area contributed by atoms with Crippen molar-refractivity contribution in [3.05, 3.63) is 34.1 Å². The van der Waals surface area contributed by atoms with Crippen molar-refractivity contribution in [2.24, 2.45) is 0 Å². The van der Waals surface area contributed by atoms with Gasteiger partial charge in [0.25, 0.3) is 5.56 Å².